The van der Waals surface area contributed by atoms with Gasteiger partial charge in [-0.1, -0.05) is 0 Å². The molecule has 3 heteroatoms. The van der Waals surface area contributed by atoms with E-state index in [-0.39, 0.29) is 5.82 Å². The molecule has 0 saturated carbocycles. The molecule has 2 aromatic heterocycles. The van der Waals surface area contributed by atoms with Crippen LogP contribution in [0.3, 0.4) is 0 Å². The maximum absolute atomic E-state index is 12.4. The standard InChI is InChI=1S/C7H4FN2/c8-6-1-2-7-3-4-9-10(7)5-6/h1-3,5H. The number of fused-ring (bicyclic) bond motifs is 1. The van der Waals surface area contributed by atoms with E-state index in [4.69, 9.17) is 0 Å². The molecule has 2 heterocycles. The molecule has 10 heavy (non-hydrogen) atoms. The highest BCUT2D eigenvalue weighted by Crippen LogP contribution is 2.02. The second-order valence-electron chi connectivity index (χ2n) is 1.99. The molecule has 0 bridgehead atoms. The summed E-state index contributed by atoms with van der Waals surface area (Å²) in [6.07, 6.45) is 3.92. The van der Waals surface area contributed by atoms with Crippen molar-refractivity contribution in [3.05, 3.63) is 36.4 Å². The van der Waals surface area contributed by atoms with Crippen LogP contribution in [0.15, 0.2) is 24.4 Å². The summed E-state index contributed by atoms with van der Waals surface area (Å²) < 4.78 is 13.9. The molecular formula is C7H4FN2. The molecule has 2 aromatic rings. The van der Waals surface area contributed by atoms with Gasteiger partial charge in [0, 0.05) is 0 Å². The van der Waals surface area contributed by atoms with E-state index in [1.165, 1.54) is 16.8 Å². The maximum Gasteiger partial charge on any atom is 0.141 e. The van der Waals surface area contributed by atoms with Crippen LogP contribution in [0.25, 0.3) is 5.52 Å². The third-order valence-corrected chi connectivity index (χ3v) is 1.30. The van der Waals surface area contributed by atoms with Crippen molar-refractivity contribution in [3.8, 4) is 0 Å². The van der Waals surface area contributed by atoms with Crippen molar-refractivity contribution in [2.45, 2.75) is 0 Å². The Labute approximate surface area is 56.9 Å². The number of nitrogens with zero attached hydrogens (tertiary/aromatic N) is 2. The van der Waals surface area contributed by atoms with Crippen LogP contribution in [0, 0.1) is 12.0 Å². The fourth-order valence-corrected chi connectivity index (χ4v) is 0.834. The molecule has 1 radical (unpaired) electrons. The molecule has 0 N–H and O–H groups in total. The van der Waals surface area contributed by atoms with E-state index < -0.39 is 0 Å². The normalized spacial score (nSPS) is 10.5. The molecule has 2 rings (SSSR count). The van der Waals surface area contributed by atoms with Crippen molar-refractivity contribution in [2.75, 3.05) is 0 Å². The van der Waals surface area contributed by atoms with Gasteiger partial charge in [0.05, 0.1) is 11.7 Å². The van der Waals surface area contributed by atoms with Crippen LogP contribution in [0.4, 0.5) is 4.39 Å². The third-order valence-electron chi connectivity index (χ3n) is 1.30. The Balaban J connectivity index is 2.86. The summed E-state index contributed by atoms with van der Waals surface area (Å²) >= 11 is 0. The van der Waals surface area contributed by atoms with Gasteiger partial charge in [0.15, 0.2) is 0 Å². The Hall–Kier alpha value is -1.38. The maximum atomic E-state index is 12.4. The number of rotatable bonds is 0. The summed E-state index contributed by atoms with van der Waals surface area (Å²) in [5.74, 6) is -0.287. The summed E-state index contributed by atoms with van der Waals surface area (Å²) in [6.45, 7) is 0. The lowest BCUT2D eigenvalue weighted by Gasteiger charge is -1.90. The third kappa shape index (κ3) is 0.673. The minimum Gasteiger partial charge on any atom is -0.237 e. The van der Waals surface area contributed by atoms with Crippen LogP contribution in [0.1, 0.15) is 0 Å². The molecule has 49 valence electrons. The number of pyridine rings is 1. The first kappa shape index (κ1) is 5.41. The molecule has 0 aliphatic rings. The van der Waals surface area contributed by atoms with Gasteiger partial charge in [-0.2, -0.15) is 5.10 Å². The first-order valence-electron chi connectivity index (χ1n) is 2.87. The van der Waals surface area contributed by atoms with E-state index in [1.807, 2.05) is 0 Å². The summed E-state index contributed by atoms with van der Waals surface area (Å²) in [6, 6.07) is 4.74. The van der Waals surface area contributed by atoms with Crippen LogP contribution >= 0.6 is 0 Å². The molecule has 0 aromatic carbocycles. The average Bonchev–Trinajstić information content (AvgIpc) is 2.33. The van der Waals surface area contributed by atoms with Crippen molar-refractivity contribution in [1.82, 2.24) is 9.61 Å². The Morgan fingerprint density at radius 1 is 1.50 bits per heavy atom. The van der Waals surface area contributed by atoms with Crippen molar-refractivity contribution in [3.63, 3.8) is 0 Å². The Morgan fingerprint density at radius 3 is 3.30 bits per heavy atom. The minimum absolute atomic E-state index is 0.287. The topological polar surface area (TPSA) is 17.3 Å². The van der Waals surface area contributed by atoms with E-state index in [9.17, 15) is 4.39 Å². The van der Waals surface area contributed by atoms with Crippen LogP contribution in [-0.4, -0.2) is 9.61 Å². The summed E-state index contributed by atoms with van der Waals surface area (Å²) in [4.78, 5) is 0. The number of aromatic nitrogens is 2. The minimum atomic E-state index is -0.287. The highest BCUT2D eigenvalue weighted by Gasteiger charge is 1.93. The molecule has 2 nitrogen and oxygen atoms in total. The molecule has 0 amide bonds. The monoisotopic (exact) mass is 135 g/mol. The van der Waals surface area contributed by atoms with Crippen molar-refractivity contribution >= 4 is 5.52 Å². The van der Waals surface area contributed by atoms with Gasteiger partial charge in [0.25, 0.3) is 0 Å². The lowest BCUT2D eigenvalue weighted by molar-refractivity contribution is 0.614. The SMILES string of the molecule is Fc1ccc2c[c]nn2c1. The molecule has 0 aliphatic heterocycles. The van der Waals surface area contributed by atoms with Gasteiger partial charge in [0.1, 0.15) is 12.0 Å². The van der Waals surface area contributed by atoms with E-state index in [0.29, 0.717) is 0 Å². The zero-order valence-corrected chi connectivity index (χ0v) is 5.08. The zero-order valence-electron chi connectivity index (χ0n) is 5.08. The van der Waals surface area contributed by atoms with Gasteiger partial charge in [-0.3, -0.25) is 0 Å². The van der Waals surface area contributed by atoms with Crippen LogP contribution in [0.5, 0.6) is 0 Å². The largest absolute Gasteiger partial charge is 0.237 e. The molecule has 0 atom stereocenters. The van der Waals surface area contributed by atoms with Gasteiger partial charge in [-0.25, -0.2) is 8.91 Å². The summed E-state index contributed by atoms with van der Waals surface area (Å²) in [5.41, 5.74) is 0.849. The average molecular weight is 135 g/mol. The van der Waals surface area contributed by atoms with Crippen LogP contribution < -0.4 is 0 Å². The summed E-state index contributed by atoms with van der Waals surface area (Å²) in [5, 5.41) is 3.73. The van der Waals surface area contributed by atoms with Gasteiger partial charge in [-0.15, -0.1) is 0 Å². The fourth-order valence-electron chi connectivity index (χ4n) is 0.834. The fraction of sp³-hybridized carbons (Fsp3) is 0. The molecular weight excluding hydrogens is 131 g/mol. The van der Waals surface area contributed by atoms with Gasteiger partial charge in [0.2, 0.25) is 0 Å². The van der Waals surface area contributed by atoms with Gasteiger partial charge < -0.3 is 0 Å². The van der Waals surface area contributed by atoms with Crippen LogP contribution in [0.2, 0.25) is 0 Å². The Morgan fingerprint density at radius 2 is 2.40 bits per heavy atom. The number of hydrogen-bond donors (Lipinski definition) is 0. The predicted molar refractivity (Wildman–Crippen MR) is 34.0 cm³/mol. The van der Waals surface area contributed by atoms with Crippen molar-refractivity contribution in [2.24, 2.45) is 0 Å². The highest BCUT2D eigenvalue weighted by molar-refractivity contribution is 5.44. The lowest BCUT2D eigenvalue weighted by atomic mass is 10.4. The Bertz CT molecular complexity index is 353. The molecule has 0 spiro atoms. The molecule has 0 fully saturated rings. The van der Waals surface area contributed by atoms with Crippen LogP contribution in [-0.2, 0) is 0 Å². The molecule has 0 unspecified atom stereocenters. The quantitative estimate of drug-likeness (QED) is 0.531. The second-order valence-corrected chi connectivity index (χ2v) is 1.99. The second kappa shape index (κ2) is 1.80. The van der Waals surface area contributed by atoms with E-state index >= 15 is 0 Å². The Kier molecular flexibility index (Phi) is 0.974. The van der Waals surface area contributed by atoms with Crippen molar-refractivity contribution in [1.29, 1.82) is 0 Å². The highest BCUT2D eigenvalue weighted by atomic mass is 19.1. The van der Waals surface area contributed by atoms with Crippen molar-refractivity contribution < 1.29 is 4.39 Å². The van der Waals surface area contributed by atoms with E-state index in [1.54, 1.807) is 12.1 Å². The van der Waals surface area contributed by atoms with E-state index in [0.717, 1.165) is 5.52 Å². The number of hydrogen-bond acceptors (Lipinski definition) is 1. The first-order valence-corrected chi connectivity index (χ1v) is 2.87. The predicted octanol–water partition coefficient (Wildman–Crippen LogP) is 1.27. The summed E-state index contributed by atoms with van der Waals surface area (Å²) in [7, 11) is 0. The molecule has 0 saturated heterocycles. The first-order chi connectivity index (χ1) is 4.86. The molecule has 0 aliphatic carbocycles. The zero-order chi connectivity index (χ0) is 6.97. The number of halogens is 1. The lowest BCUT2D eigenvalue weighted by Crippen LogP contribution is -1.86. The smallest absolute Gasteiger partial charge is 0.141 e. The van der Waals surface area contributed by atoms with Gasteiger partial charge >= 0.3 is 0 Å². The van der Waals surface area contributed by atoms with Gasteiger partial charge in [-0.05, 0) is 18.2 Å². The van der Waals surface area contributed by atoms with E-state index in [2.05, 4.69) is 11.3 Å².